The predicted octanol–water partition coefficient (Wildman–Crippen LogP) is 4.47. The highest BCUT2D eigenvalue weighted by Crippen LogP contribution is 2.37. The number of furan rings is 1. The molecule has 44 heavy (non-hydrogen) atoms. The number of phenols is 1. The average Bonchev–Trinajstić information content (AvgIpc) is 3.78. The lowest BCUT2D eigenvalue weighted by Gasteiger charge is -2.26. The number of rotatable bonds is 10. The largest absolute Gasteiger partial charge is 0.507 e. The fourth-order valence-electron chi connectivity index (χ4n) is 5.06. The van der Waals surface area contributed by atoms with Gasteiger partial charge < -0.3 is 20.2 Å². The van der Waals surface area contributed by atoms with Crippen LogP contribution in [0.25, 0.3) is 23.1 Å². The molecule has 0 saturated carbocycles. The molecule has 0 bridgehead atoms. The number of aliphatic imine (C=N–C) groups is 1. The molecule has 2 aromatic carbocycles. The molecule has 0 aliphatic carbocycles. The van der Waals surface area contributed by atoms with Gasteiger partial charge in [0.1, 0.15) is 27.3 Å². The fourth-order valence-corrected chi connectivity index (χ4v) is 7.83. The number of aromatic hydroxyl groups is 1. The molecule has 1 fully saturated rings. The minimum atomic E-state index is -0.593. The van der Waals surface area contributed by atoms with E-state index in [1.165, 1.54) is 12.1 Å². The standard InChI is InChI=1S/C30H29N7O5S2/c1-36-23(17-44-30(36)22-16-43-29(34-22)20-7-3-5-9-24(20)38)28(39)32-15-14-31-27-19-6-2-4-8-21(19)33-25(35-27)12-10-18-11-13-26(42-18)37(40)41/h2-13,22-23,30,38H,14-17H2,1H3,(H,32,39)(H,31,33,35)/t22?,23-,30-/m1/s1. The van der Waals surface area contributed by atoms with E-state index in [0.717, 1.165) is 27.3 Å². The Hall–Kier alpha value is -4.40. The number of anilines is 1. The lowest BCUT2D eigenvalue weighted by molar-refractivity contribution is -0.402. The molecule has 2 aliphatic rings. The van der Waals surface area contributed by atoms with Crippen LogP contribution in [0.2, 0.25) is 0 Å². The molecule has 1 unspecified atom stereocenters. The van der Waals surface area contributed by atoms with Gasteiger partial charge in [-0.05, 0) is 49.5 Å². The number of fused-ring (bicyclic) bond motifs is 1. The van der Waals surface area contributed by atoms with Crippen LogP contribution in [0.15, 0.2) is 70.1 Å². The van der Waals surface area contributed by atoms with E-state index < -0.39 is 4.92 Å². The molecule has 14 heteroatoms. The fraction of sp³-hybridized carbons (Fsp3) is 0.267. The van der Waals surface area contributed by atoms with Crippen molar-refractivity contribution in [2.45, 2.75) is 17.5 Å². The maximum Gasteiger partial charge on any atom is 0.433 e. The number of likely N-dealkylation sites (N-methyl/N-ethyl adjacent to an activating group) is 1. The van der Waals surface area contributed by atoms with E-state index in [1.807, 2.05) is 43.4 Å². The summed E-state index contributed by atoms with van der Waals surface area (Å²) in [4.78, 5) is 39.6. The molecule has 1 saturated heterocycles. The monoisotopic (exact) mass is 631 g/mol. The van der Waals surface area contributed by atoms with Crippen LogP contribution in [0.5, 0.6) is 5.75 Å². The zero-order valence-corrected chi connectivity index (χ0v) is 25.3. The summed E-state index contributed by atoms with van der Waals surface area (Å²) in [6.07, 6.45) is 3.21. The second-order valence-electron chi connectivity index (χ2n) is 10.2. The lowest BCUT2D eigenvalue weighted by atomic mass is 10.2. The molecule has 3 atom stereocenters. The number of para-hydroxylation sites is 2. The van der Waals surface area contributed by atoms with Gasteiger partial charge in [0.2, 0.25) is 5.91 Å². The molecule has 4 aromatic rings. The third-order valence-corrected chi connectivity index (χ3v) is 9.89. The zero-order chi connectivity index (χ0) is 30.6. The Morgan fingerprint density at radius 3 is 2.75 bits per heavy atom. The summed E-state index contributed by atoms with van der Waals surface area (Å²) in [6.45, 7) is 0.841. The Balaban J connectivity index is 1.05. The second kappa shape index (κ2) is 13.1. The van der Waals surface area contributed by atoms with Gasteiger partial charge in [-0.25, -0.2) is 9.97 Å². The van der Waals surface area contributed by atoms with Gasteiger partial charge in [-0.1, -0.05) is 24.3 Å². The lowest BCUT2D eigenvalue weighted by Crippen LogP contribution is -2.48. The number of hydrogen-bond acceptors (Lipinski definition) is 12. The summed E-state index contributed by atoms with van der Waals surface area (Å²) in [5, 5.41) is 29.2. The molecule has 1 amide bonds. The van der Waals surface area contributed by atoms with Crippen molar-refractivity contribution in [3.05, 3.63) is 87.9 Å². The highest BCUT2D eigenvalue weighted by molar-refractivity contribution is 8.14. The first-order chi connectivity index (χ1) is 21.4. The second-order valence-corrected chi connectivity index (χ2v) is 12.3. The summed E-state index contributed by atoms with van der Waals surface area (Å²) in [5.41, 5.74) is 1.48. The third-order valence-electron chi connectivity index (χ3n) is 7.28. The molecule has 2 aliphatic heterocycles. The molecular formula is C30H29N7O5S2. The summed E-state index contributed by atoms with van der Waals surface area (Å²) >= 11 is 3.37. The Bertz CT molecular complexity index is 1760. The van der Waals surface area contributed by atoms with Crippen molar-refractivity contribution in [3.8, 4) is 5.75 Å². The SMILES string of the molecule is CN1[C@@H](C(=O)NCCNc2nc(C=Cc3ccc([N+](=O)[O-])o3)nc3ccccc23)CS[C@@H]1C1CSC(c2ccccc2O)=N1. The minimum Gasteiger partial charge on any atom is -0.507 e. The quantitative estimate of drug-likeness (QED) is 0.129. The Kier molecular flexibility index (Phi) is 8.82. The number of carbonyl (C=O) groups is 1. The summed E-state index contributed by atoms with van der Waals surface area (Å²) < 4.78 is 5.18. The van der Waals surface area contributed by atoms with Crippen molar-refractivity contribution in [1.29, 1.82) is 0 Å². The van der Waals surface area contributed by atoms with E-state index in [4.69, 9.17) is 9.41 Å². The maximum atomic E-state index is 13.1. The Morgan fingerprint density at radius 1 is 1.11 bits per heavy atom. The van der Waals surface area contributed by atoms with Gasteiger partial charge in [-0.2, -0.15) is 0 Å². The molecule has 0 spiro atoms. The van der Waals surface area contributed by atoms with E-state index in [-0.39, 0.29) is 35.0 Å². The topological polar surface area (TPSA) is 159 Å². The zero-order valence-electron chi connectivity index (χ0n) is 23.6. The van der Waals surface area contributed by atoms with E-state index in [9.17, 15) is 20.0 Å². The molecule has 3 N–H and O–H groups in total. The van der Waals surface area contributed by atoms with E-state index in [0.29, 0.717) is 36.2 Å². The smallest absolute Gasteiger partial charge is 0.433 e. The number of aromatic nitrogens is 2. The van der Waals surface area contributed by atoms with Crippen LogP contribution >= 0.6 is 23.5 Å². The Labute approximate surface area is 261 Å². The highest BCUT2D eigenvalue weighted by Gasteiger charge is 2.41. The van der Waals surface area contributed by atoms with Crippen LogP contribution in [-0.4, -0.2) is 84.9 Å². The van der Waals surface area contributed by atoms with Gasteiger partial charge in [-0.3, -0.25) is 24.8 Å². The Morgan fingerprint density at radius 2 is 1.93 bits per heavy atom. The maximum absolute atomic E-state index is 13.1. The van der Waals surface area contributed by atoms with Crippen molar-refractivity contribution in [3.63, 3.8) is 0 Å². The predicted molar refractivity (Wildman–Crippen MR) is 174 cm³/mol. The molecule has 4 heterocycles. The van der Waals surface area contributed by atoms with Gasteiger partial charge in [0.15, 0.2) is 5.82 Å². The van der Waals surface area contributed by atoms with Crippen molar-refractivity contribution in [1.82, 2.24) is 20.2 Å². The van der Waals surface area contributed by atoms with Gasteiger partial charge in [0, 0.05) is 35.5 Å². The molecule has 0 radical (unpaired) electrons. The summed E-state index contributed by atoms with van der Waals surface area (Å²) in [6, 6.07) is 17.4. The number of hydrogen-bond donors (Lipinski definition) is 3. The molecule has 226 valence electrons. The van der Waals surface area contributed by atoms with Crippen LogP contribution in [0.3, 0.4) is 0 Å². The summed E-state index contributed by atoms with van der Waals surface area (Å²) in [5.74, 6) is 2.66. The van der Waals surface area contributed by atoms with Gasteiger partial charge in [0.05, 0.1) is 29.0 Å². The van der Waals surface area contributed by atoms with Crippen molar-refractivity contribution in [2.75, 3.05) is 37.0 Å². The number of amides is 1. The van der Waals surface area contributed by atoms with Crippen LogP contribution < -0.4 is 10.6 Å². The van der Waals surface area contributed by atoms with Crippen LogP contribution in [0.1, 0.15) is 17.1 Å². The summed E-state index contributed by atoms with van der Waals surface area (Å²) in [7, 11) is 1.97. The average molecular weight is 632 g/mol. The highest BCUT2D eigenvalue weighted by atomic mass is 32.2. The van der Waals surface area contributed by atoms with E-state index >= 15 is 0 Å². The number of carbonyl (C=O) groups excluding carboxylic acids is 1. The number of nitrogens with one attached hydrogen (secondary N) is 2. The normalized spacial score (nSPS) is 20.3. The third kappa shape index (κ3) is 6.42. The number of benzene rings is 2. The first-order valence-corrected chi connectivity index (χ1v) is 15.9. The minimum absolute atomic E-state index is 0.0290. The van der Waals surface area contributed by atoms with Gasteiger partial charge in [-0.15, -0.1) is 23.5 Å². The van der Waals surface area contributed by atoms with Crippen LogP contribution in [-0.2, 0) is 4.79 Å². The number of phenolic OH excluding ortho intramolecular Hbond substituents is 1. The molecule has 12 nitrogen and oxygen atoms in total. The first-order valence-electron chi connectivity index (χ1n) is 13.9. The first kappa shape index (κ1) is 29.7. The van der Waals surface area contributed by atoms with Crippen molar-refractivity contribution < 1.29 is 19.2 Å². The van der Waals surface area contributed by atoms with Crippen molar-refractivity contribution in [2.24, 2.45) is 4.99 Å². The van der Waals surface area contributed by atoms with Crippen LogP contribution in [0, 0.1) is 10.1 Å². The van der Waals surface area contributed by atoms with Crippen LogP contribution in [0.4, 0.5) is 11.7 Å². The van der Waals surface area contributed by atoms with Crippen molar-refractivity contribution >= 4 is 69.2 Å². The number of thioether (sulfide) groups is 2. The molecule has 6 rings (SSSR count). The number of nitro groups is 1. The number of nitrogens with zero attached hydrogens (tertiary/aromatic N) is 5. The molecule has 2 aromatic heterocycles. The molecular weight excluding hydrogens is 603 g/mol. The van der Waals surface area contributed by atoms with E-state index in [2.05, 4.69) is 25.5 Å². The van der Waals surface area contributed by atoms with E-state index in [1.54, 1.807) is 47.8 Å². The van der Waals surface area contributed by atoms with Gasteiger partial charge in [0.25, 0.3) is 0 Å². The van der Waals surface area contributed by atoms with Gasteiger partial charge >= 0.3 is 5.88 Å².